The highest BCUT2D eigenvalue weighted by Gasteiger charge is 2.27. The minimum absolute atomic E-state index is 0.0341. The van der Waals surface area contributed by atoms with Crippen LogP contribution in [0.2, 0.25) is 0 Å². The van der Waals surface area contributed by atoms with Crippen LogP contribution in [0.4, 0.5) is 0 Å². The highest BCUT2D eigenvalue weighted by Crippen LogP contribution is 2.38. The van der Waals surface area contributed by atoms with E-state index in [0.29, 0.717) is 22.8 Å². The number of hydrogen-bond donors (Lipinski definition) is 2. The molecule has 0 aromatic heterocycles. The van der Waals surface area contributed by atoms with E-state index in [1.807, 2.05) is 18.2 Å². The van der Waals surface area contributed by atoms with Gasteiger partial charge in [-0.05, 0) is 30.2 Å². The second kappa shape index (κ2) is 9.64. The third-order valence-electron chi connectivity index (χ3n) is 4.45. The standard InChI is InChI=1S/C21H25NO6/c1-13(21(24)25)19(15-8-6-5-7-9-15)22-18(23)12-14-10-16(26-2)20(28-4)17(11-14)27-3/h5-11,13,19H,12H2,1-4H3,(H,22,23)(H,24,25). The molecule has 0 spiro atoms. The molecule has 2 rings (SSSR count). The molecule has 0 radical (unpaired) electrons. The van der Waals surface area contributed by atoms with E-state index >= 15 is 0 Å². The number of nitrogens with one attached hydrogen (secondary N) is 1. The van der Waals surface area contributed by atoms with Crippen molar-refractivity contribution in [1.82, 2.24) is 5.32 Å². The molecular weight excluding hydrogens is 362 g/mol. The molecule has 0 saturated heterocycles. The summed E-state index contributed by atoms with van der Waals surface area (Å²) in [6.07, 6.45) is 0.0341. The zero-order valence-electron chi connectivity index (χ0n) is 16.4. The largest absolute Gasteiger partial charge is 0.493 e. The van der Waals surface area contributed by atoms with Crippen LogP contribution in [0.5, 0.6) is 17.2 Å². The van der Waals surface area contributed by atoms with Crippen molar-refractivity contribution in [2.24, 2.45) is 5.92 Å². The first-order valence-corrected chi connectivity index (χ1v) is 8.77. The molecule has 0 bridgehead atoms. The highest BCUT2D eigenvalue weighted by molar-refractivity contribution is 5.81. The Balaban J connectivity index is 2.24. The molecule has 2 unspecified atom stereocenters. The van der Waals surface area contributed by atoms with Gasteiger partial charge in [0.1, 0.15) is 0 Å². The molecule has 2 atom stereocenters. The fraction of sp³-hybridized carbons (Fsp3) is 0.333. The molecule has 28 heavy (non-hydrogen) atoms. The number of benzene rings is 2. The molecule has 1 amide bonds. The molecule has 2 aromatic rings. The summed E-state index contributed by atoms with van der Waals surface area (Å²) in [5.41, 5.74) is 1.39. The molecule has 0 aliphatic rings. The van der Waals surface area contributed by atoms with Crippen molar-refractivity contribution in [3.05, 3.63) is 53.6 Å². The number of carboxylic acids is 1. The van der Waals surface area contributed by atoms with Crippen LogP contribution in [-0.2, 0) is 16.0 Å². The summed E-state index contributed by atoms with van der Waals surface area (Å²) in [4.78, 5) is 24.2. The first-order chi connectivity index (χ1) is 13.4. The van der Waals surface area contributed by atoms with Gasteiger partial charge in [0, 0.05) is 0 Å². The molecule has 0 fully saturated rings. The van der Waals surface area contributed by atoms with Gasteiger partial charge < -0.3 is 24.6 Å². The summed E-state index contributed by atoms with van der Waals surface area (Å²) in [5.74, 6) is -0.744. The molecule has 150 valence electrons. The SMILES string of the molecule is COc1cc(CC(=O)NC(c2ccccc2)C(C)C(=O)O)cc(OC)c1OC. The van der Waals surface area contributed by atoms with Gasteiger partial charge in [-0.1, -0.05) is 30.3 Å². The number of amides is 1. The average Bonchev–Trinajstić information content (AvgIpc) is 2.71. The Morgan fingerprint density at radius 2 is 1.57 bits per heavy atom. The Hall–Kier alpha value is -3.22. The Labute approximate surface area is 164 Å². The van der Waals surface area contributed by atoms with Crippen molar-refractivity contribution < 1.29 is 28.9 Å². The number of methoxy groups -OCH3 is 3. The first-order valence-electron chi connectivity index (χ1n) is 8.77. The van der Waals surface area contributed by atoms with Crippen LogP contribution in [0.15, 0.2) is 42.5 Å². The van der Waals surface area contributed by atoms with Gasteiger partial charge >= 0.3 is 5.97 Å². The summed E-state index contributed by atoms with van der Waals surface area (Å²) >= 11 is 0. The lowest BCUT2D eigenvalue weighted by molar-refractivity contribution is -0.142. The normalized spacial score (nSPS) is 12.6. The van der Waals surface area contributed by atoms with Crippen molar-refractivity contribution in [2.45, 2.75) is 19.4 Å². The van der Waals surface area contributed by atoms with Gasteiger partial charge in [-0.2, -0.15) is 0 Å². The number of hydrogen-bond acceptors (Lipinski definition) is 5. The van der Waals surface area contributed by atoms with Gasteiger partial charge in [0.15, 0.2) is 11.5 Å². The smallest absolute Gasteiger partial charge is 0.308 e. The maximum Gasteiger partial charge on any atom is 0.308 e. The van der Waals surface area contributed by atoms with Gasteiger partial charge in [-0.3, -0.25) is 9.59 Å². The van der Waals surface area contributed by atoms with Gasteiger partial charge in [0.25, 0.3) is 0 Å². The topological polar surface area (TPSA) is 94.1 Å². The third kappa shape index (κ3) is 4.94. The molecule has 2 aromatic carbocycles. The molecular formula is C21H25NO6. The van der Waals surface area contributed by atoms with Crippen molar-refractivity contribution in [2.75, 3.05) is 21.3 Å². The summed E-state index contributed by atoms with van der Waals surface area (Å²) in [5, 5.41) is 12.2. The number of rotatable bonds is 9. The second-order valence-electron chi connectivity index (χ2n) is 6.29. The molecule has 0 saturated carbocycles. The van der Waals surface area contributed by atoms with E-state index in [1.165, 1.54) is 21.3 Å². The number of carbonyl (C=O) groups is 2. The summed E-state index contributed by atoms with van der Waals surface area (Å²) in [7, 11) is 4.51. The monoisotopic (exact) mass is 387 g/mol. The maximum absolute atomic E-state index is 12.7. The van der Waals surface area contributed by atoms with Gasteiger partial charge in [0.05, 0.1) is 39.7 Å². The Kier molecular flexibility index (Phi) is 7.26. The summed E-state index contributed by atoms with van der Waals surface area (Å²) in [6.45, 7) is 1.57. The van der Waals surface area contributed by atoms with Crippen molar-refractivity contribution >= 4 is 11.9 Å². The van der Waals surface area contributed by atoms with E-state index in [2.05, 4.69) is 5.32 Å². The first kappa shape index (κ1) is 21.1. The Bertz CT molecular complexity index is 796. The fourth-order valence-corrected chi connectivity index (χ4v) is 2.95. The third-order valence-corrected chi connectivity index (χ3v) is 4.45. The molecule has 2 N–H and O–H groups in total. The molecule has 7 nitrogen and oxygen atoms in total. The van der Waals surface area contributed by atoms with Gasteiger partial charge in [-0.15, -0.1) is 0 Å². The van der Waals surface area contributed by atoms with E-state index in [4.69, 9.17) is 14.2 Å². The van der Waals surface area contributed by atoms with Crippen LogP contribution in [0.25, 0.3) is 0 Å². The fourth-order valence-electron chi connectivity index (χ4n) is 2.95. The maximum atomic E-state index is 12.7. The van der Waals surface area contributed by atoms with Crippen LogP contribution in [-0.4, -0.2) is 38.3 Å². The summed E-state index contributed by atoms with van der Waals surface area (Å²) in [6, 6.07) is 11.8. The van der Waals surface area contributed by atoms with E-state index in [1.54, 1.807) is 31.2 Å². The quantitative estimate of drug-likeness (QED) is 0.687. The van der Waals surface area contributed by atoms with Crippen LogP contribution in [0, 0.1) is 5.92 Å². The lowest BCUT2D eigenvalue weighted by atomic mass is 9.94. The van der Waals surface area contributed by atoms with E-state index in [0.717, 1.165) is 5.56 Å². The van der Waals surface area contributed by atoms with Crippen LogP contribution >= 0.6 is 0 Å². The van der Waals surface area contributed by atoms with Crippen molar-refractivity contribution in [3.63, 3.8) is 0 Å². The lowest BCUT2D eigenvalue weighted by Crippen LogP contribution is -2.36. The van der Waals surface area contributed by atoms with Crippen LogP contribution < -0.4 is 19.5 Å². The molecule has 7 heteroatoms. The predicted molar refractivity (Wildman–Crippen MR) is 104 cm³/mol. The number of carbonyl (C=O) groups excluding carboxylic acids is 1. The number of aliphatic carboxylic acids is 1. The molecule has 0 aliphatic carbocycles. The van der Waals surface area contributed by atoms with Crippen LogP contribution in [0.3, 0.4) is 0 Å². The van der Waals surface area contributed by atoms with Gasteiger partial charge in [0.2, 0.25) is 11.7 Å². The lowest BCUT2D eigenvalue weighted by Gasteiger charge is -2.23. The summed E-state index contributed by atoms with van der Waals surface area (Å²) < 4.78 is 15.9. The number of ether oxygens (including phenoxy) is 3. The van der Waals surface area contributed by atoms with Crippen LogP contribution in [0.1, 0.15) is 24.1 Å². The van der Waals surface area contributed by atoms with Gasteiger partial charge in [-0.25, -0.2) is 0 Å². The van der Waals surface area contributed by atoms with E-state index < -0.39 is 17.9 Å². The minimum atomic E-state index is -0.984. The molecule has 0 heterocycles. The van der Waals surface area contributed by atoms with E-state index in [-0.39, 0.29) is 12.3 Å². The Morgan fingerprint density at radius 1 is 1.00 bits per heavy atom. The highest BCUT2D eigenvalue weighted by atomic mass is 16.5. The zero-order valence-corrected chi connectivity index (χ0v) is 16.4. The number of carboxylic acid groups (broad SMARTS) is 1. The van der Waals surface area contributed by atoms with E-state index in [9.17, 15) is 14.7 Å². The van der Waals surface area contributed by atoms with Crippen molar-refractivity contribution in [3.8, 4) is 17.2 Å². The zero-order chi connectivity index (χ0) is 20.7. The molecule has 0 aliphatic heterocycles. The Morgan fingerprint density at radius 3 is 2.04 bits per heavy atom. The predicted octanol–water partition coefficient (Wildman–Crippen LogP) is 2.83. The minimum Gasteiger partial charge on any atom is -0.493 e. The van der Waals surface area contributed by atoms with Crippen molar-refractivity contribution in [1.29, 1.82) is 0 Å². The second-order valence-corrected chi connectivity index (χ2v) is 6.29. The average molecular weight is 387 g/mol.